The van der Waals surface area contributed by atoms with Crippen LogP contribution in [-0.4, -0.2) is 4.92 Å². The molecule has 0 unspecified atom stereocenters. The Morgan fingerprint density at radius 1 is 0.455 bits per heavy atom. The predicted molar refractivity (Wildman–Crippen MR) is 135 cm³/mol. The maximum absolute atomic E-state index is 12.8. The van der Waals surface area contributed by atoms with Crippen LogP contribution in [0.4, 0.5) is 5.69 Å². The van der Waals surface area contributed by atoms with E-state index in [1.807, 2.05) is 121 Å². The molecule has 0 amide bonds. The van der Waals surface area contributed by atoms with E-state index in [1.165, 1.54) is 0 Å². The van der Waals surface area contributed by atoms with Crippen LogP contribution in [0.15, 0.2) is 127 Å². The highest BCUT2D eigenvalue weighted by Crippen LogP contribution is 2.49. The molecule has 0 bridgehead atoms. The minimum Gasteiger partial charge on any atom is -0.258 e. The first kappa shape index (κ1) is 20.4. The fourth-order valence-corrected chi connectivity index (χ4v) is 4.34. The lowest BCUT2D eigenvalue weighted by Gasteiger charge is -2.19. The predicted octanol–water partition coefficient (Wildman–Crippen LogP) is 8.26. The summed E-state index contributed by atoms with van der Waals surface area (Å²) >= 11 is 0. The van der Waals surface area contributed by atoms with Gasteiger partial charge >= 0.3 is 0 Å². The van der Waals surface area contributed by atoms with E-state index in [0.717, 1.165) is 33.4 Å². The number of nitrogens with zero attached hydrogens (tertiary/aromatic N) is 1. The van der Waals surface area contributed by atoms with Crippen LogP contribution in [0.25, 0.3) is 44.5 Å². The van der Waals surface area contributed by atoms with E-state index in [2.05, 4.69) is 6.07 Å². The molecular weight excluding hydrogens is 406 g/mol. The molecule has 5 aromatic carbocycles. The molecule has 0 aliphatic rings. The molecule has 0 radical (unpaired) electrons. The number of rotatable bonds is 5. The van der Waals surface area contributed by atoms with Gasteiger partial charge in [-0.15, -0.1) is 0 Å². The van der Waals surface area contributed by atoms with Crippen molar-refractivity contribution < 1.29 is 4.92 Å². The molecule has 33 heavy (non-hydrogen) atoms. The van der Waals surface area contributed by atoms with Gasteiger partial charge in [-0.2, -0.15) is 0 Å². The highest BCUT2D eigenvalue weighted by atomic mass is 16.6. The smallest absolute Gasteiger partial charge is 0.258 e. The van der Waals surface area contributed by atoms with Gasteiger partial charge in [-0.25, -0.2) is 0 Å². The lowest BCUT2D eigenvalue weighted by molar-refractivity contribution is -0.383. The van der Waals surface area contributed by atoms with E-state index in [-0.39, 0.29) is 10.6 Å². The molecule has 5 rings (SSSR count). The van der Waals surface area contributed by atoms with Crippen molar-refractivity contribution in [2.24, 2.45) is 0 Å². The van der Waals surface area contributed by atoms with Crippen LogP contribution in [-0.2, 0) is 0 Å². The third-order valence-electron chi connectivity index (χ3n) is 5.78. The molecule has 3 heteroatoms. The molecule has 0 saturated heterocycles. The maximum Gasteiger partial charge on any atom is 0.286 e. The Bertz CT molecular complexity index is 1300. The van der Waals surface area contributed by atoms with Gasteiger partial charge in [-0.3, -0.25) is 10.1 Å². The van der Waals surface area contributed by atoms with E-state index in [0.29, 0.717) is 11.1 Å². The van der Waals surface area contributed by atoms with Crippen molar-refractivity contribution in [1.82, 2.24) is 0 Å². The summed E-state index contributed by atoms with van der Waals surface area (Å²) in [5.74, 6) is 0. The van der Waals surface area contributed by atoms with E-state index in [4.69, 9.17) is 0 Å². The molecule has 0 spiro atoms. The van der Waals surface area contributed by atoms with Crippen LogP contribution in [0, 0.1) is 10.1 Å². The zero-order valence-corrected chi connectivity index (χ0v) is 17.9. The molecule has 0 aromatic heterocycles. The third kappa shape index (κ3) is 3.92. The number of hydrogen-bond acceptors (Lipinski definition) is 2. The molecule has 0 heterocycles. The quantitative estimate of drug-likeness (QED) is 0.209. The van der Waals surface area contributed by atoms with Gasteiger partial charge in [0.05, 0.1) is 16.1 Å². The van der Waals surface area contributed by atoms with Gasteiger partial charge in [0.2, 0.25) is 0 Å². The van der Waals surface area contributed by atoms with Crippen molar-refractivity contribution in [1.29, 1.82) is 0 Å². The van der Waals surface area contributed by atoms with Crippen molar-refractivity contribution >= 4 is 5.69 Å². The van der Waals surface area contributed by atoms with E-state index in [1.54, 1.807) is 0 Å². The van der Waals surface area contributed by atoms with Crippen LogP contribution in [0.2, 0.25) is 0 Å². The second-order valence-electron chi connectivity index (χ2n) is 7.79. The normalized spacial score (nSPS) is 10.7. The first-order chi connectivity index (χ1) is 16.2. The van der Waals surface area contributed by atoms with Gasteiger partial charge < -0.3 is 0 Å². The summed E-state index contributed by atoms with van der Waals surface area (Å²) in [5, 5.41) is 12.8. The molecule has 0 aliphatic carbocycles. The topological polar surface area (TPSA) is 43.1 Å². The van der Waals surface area contributed by atoms with Gasteiger partial charge in [0.15, 0.2) is 0 Å². The monoisotopic (exact) mass is 427 g/mol. The van der Waals surface area contributed by atoms with Crippen molar-refractivity contribution in [2.45, 2.75) is 0 Å². The molecule has 0 saturated carbocycles. The molecule has 3 nitrogen and oxygen atoms in total. The summed E-state index contributed by atoms with van der Waals surface area (Å²) in [5.41, 5.74) is 6.58. The SMILES string of the molecule is O=[N+]([O-])c1c(-c2ccccc2)c(-c2ccccc2)cc(-c2ccccc2)c1-c1ccccc1. The minimum absolute atomic E-state index is 0.118. The fourth-order valence-electron chi connectivity index (χ4n) is 4.34. The number of benzene rings is 5. The Kier molecular flexibility index (Phi) is 5.52. The summed E-state index contributed by atoms with van der Waals surface area (Å²) in [7, 11) is 0. The van der Waals surface area contributed by atoms with Crippen molar-refractivity contribution in [3.05, 3.63) is 138 Å². The molecule has 0 aliphatic heterocycles. The summed E-state index contributed by atoms with van der Waals surface area (Å²) in [6.07, 6.45) is 0. The van der Waals surface area contributed by atoms with Crippen LogP contribution < -0.4 is 0 Å². The maximum atomic E-state index is 12.8. The summed E-state index contributed by atoms with van der Waals surface area (Å²) in [6, 6.07) is 41.1. The van der Waals surface area contributed by atoms with Crippen LogP contribution >= 0.6 is 0 Å². The largest absolute Gasteiger partial charge is 0.286 e. The Morgan fingerprint density at radius 2 is 0.758 bits per heavy atom. The third-order valence-corrected chi connectivity index (χ3v) is 5.78. The molecule has 0 atom stereocenters. The highest BCUT2D eigenvalue weighted by Gasteiger charge is 2.29. The van der Waals surface area contributed by atoms with Crippen LogP contribution in [0.3, 0.4) is 0 Å². The second kappa shape index (κ2) is 8.93. The zero-order valence-electron chi connectivity index (χ0n) is 17.9. The first-order valence-corrected chi connectivity index (χ1v) is 10.8. The van der Waals surface area contributed by atoms with E-state index < -0.39 is 0 Å². The molecule has 158 valence electrons. The Hall–Kier alpha value is -4.50. The Labute approximate surface area is 192 Å². The average molecular weight is 428 g/mol. The van der Waals surface area contributed by atoms with E-state index >= 15 is 0 Å². The highest BCUT2D eigenvalue weighted by molar-refractivity contribution is 6.02. The fraction of sp³-hybridized carbons (Fsp3) is 0. The summed E-state index contributed by atoms with van der Waals surface area (Å²) in [4.78, 5) is 12.5. The van der Waals surface area contributed by atoms with Crippen molar-refractivity contribution in [3.8, 4) is 44.5 Å². The first-order valence-electron chi connectivity index (χ1n) is 10.8. The number of nitro groups is 1. The lowest BCUT2D eigenvalue weighted by atomic mass is 9.84. The molecule has 0 fully saturated rings. The van der Waals surface area contributed by atoms with E-state index in [9.17, 15) is 10.1 Å². The van der Waals surface area contributed by atoms with Gasteiger partial charge in [0.25, 0.3) is 5.69 Å². The Balaban J connectivity index is 1.98. The number of hydrogen-bond donors (Lipinski definition) is 0. The minimum atomic E-state index is -0.233. The standard InChI is InChI=1S/C30H21NO2/c32-31(33)30-28(24-17-9-3-10-18-24)26(22-13-5-1-6-14-22)21-27(23-15-7-2-8-16-23)29(30)25-19-11-4-12-20-25/h1-21H. The second-order valence-corrected chi connectivity index (χ2v) is 7.79. The summed E-state index contributed by atoms with van der Waals surface area (Å²) < 4.78 is 0. The van der Waals surface area contributed by atoms with Crippen molar-refractivity contribution in [3.63, 3.8) is 0 Å². The summed E-state index contributed by atoms with van der Waals surface area (Å²) in [6.45, 7) is 0. The Morgan fingerprint density at radius 3 is 1.06 bits per heavy atom. The van der Waals surface area contributed by atoms with Gasteiger partial charge in [0, 0.05) is 0 Å². The van der Waals surface area contributed by atoms with Gasteiger partial charge in [-0.05, 0) is 39.4 Å². The zero-order chi connectivity index (χ0) is 22.6. The number of nitro benzene ring substituents is 1. The molecular formula is C30H21NO2. The molecule has 5 aromatic rings. The average Bonchev–Trinajstić information content (AvgIpc) is 2.89. The lowest BCUT2D eigenvalue weighted by Crippen LogP contribution is -2.01. The van der Waals surface area contributed by atoms with Gasteiger partial charge in [0.1, 0.15) is 0 Å². The van der Waals surface area contributed by atoms with Gasteiger partial charge in [-0.1, -0.05) is 121 Å². The van der Waals surface area contributed by atoms with Crippen LogP contribution in [0.5, 0.6) is 0 Å². The van der Waals surface area contributed by atoms with Crippen LogP contribution in [0.1, 0.15) is 0 Å². The molecule has 0 N–H and O–H groups in total. The van der Waals surface area contributed by atoms with Crippen molar-refractivity contribution in [2.75, 3.05) is 0 Å².